The van der Waals surface area contributed by atoms with Gasteiger partial charge >= 0.3 is 0 Å². The molecule has 9 heteroatoms. The summed E-state index contributed by atoms with van der Waals surface area (Å²) in [6.07, 6.45) is 0. The summed E-state index contributed by atoms with van der Waals surface area (Å²) in [6.45, 7) is 5.25. The first kappa shape index (κ1) is 20.5. The van der Waals surface area contributed by atoms with Crippen molar-refractivity contribution in [2.24, 2.45) is 0 Å². The number of ether oxygens (including phenoxy) is 1. The zero-order valence-corrected chi connectivity index (χ0v) is 18.1. The molecule has 4 aromatic rings. The van der Waals surface area contributed by atoms with E-state index in [-0.39, 0.29) is 24.0 Å². The third kappa shape index (κ3) is 4.56. The lowest BCUT2D eigenvalue weighted by Gasteiger charge is -2.10. The number of hydrogen-bond acceptors (Lipinski definition) is 6. The molecule has 1 aromatic carbocycles. The van der Waals surface area contributed by atoms with E-state index < -0.39 is 0 Å². The van der Waals surface area contributed by atoms with Gasteiger partial charge in [0.1, 0.15) is 17.3 Å². The maximum atomic E-state index is 12.6. The van der Waals surface area contributed by atoms with E-state index in [9.17, 15) is 9.59 Å². The minimum Gasteiger partial charge on any atom is -0.484 e. The molecule has 0 fully saturated rings. The summed E-state index contributed by atoms with van der Waals surface area (Å²) in [5.41, 5.74) is 2.57. The molecular weight excluding hydrogens is 414 g/mol. The van der Waals surface area contributed by atoms with Crippen LogP contribution < -0.4 is 15.6 Å². The fourth-order valence-electron chi connectivity index (χ4n) is 2.94. The summed E-state index contributed by atoms with van der Waals surface area (Å²) in [5, 5.41) is 9.31. The van der Waals surface area contributed by atoms with Gasteiger partial charge in [-0.1, -0.05) is 18.2 Å². The van der Waals surface area contributed by atoms with Gasteiger partial charge in [0.25, 0.3) is 11.5 Å². The smallest absolute Gasteiger partial charge is 0.263 e. The van der Waals surface area contributed by atoms with Gasteiger partial charge in [0.05, 0.1) is 4.88 Å². The van der Waals surface area contributed by atoms with Crippen LogP contribution in [0.15, 0.2) is 52.6 Å². The molecule has 0 radical (unpaired) electrons. The van der Waals surface area contributed by atoms with Gasteiger partial charge in [0, 0.05) is 17.3 Å². The van der Waals surface area contributed by atoms with Crippen LogP contribution in [0, 0.1) is 20.8 Å². The van der Waals surface area contributed by atoms with Crippen LogP contribution in [0.25, 0.3) is 16.5 Å². The van der Waals surface area contributed by atoms with Crippen LogP contribution in [0.4, 0.5) is 5.82 Å². The van der Waals surface area contributed by atoms with Crippen LogP contribution in [-0.2, 0) is 4.79 Å². The average Bonchev–Trinajstić information content (AvgIpc) is 3.40. The van der Waals surface area contributed by atoms with Gasteiger partial charge in [-0.15, -0.1) is 11.3 Å². The van der Waals surface area contributed by atoms with Gasteiger partial charge in [0.15, 0.2) is 6.61 Å². The molecule has 0 bridgehead atoms. The highest BCUT2D eigenvalue weighted by Crippen LogP contribution is 2.27. The van der Waals surface area contributed by atoms with Crippen LogP contribution in [-0.4, -0.2) is 32.3 Å². The van der Waals surface area contributed by atoms with Crippen LogP contribution >= 0.6 is 11.3 Å². The lowest BCUT2D eigenvalue weighted by molar-refractivity contribution is -0.118. The van der Waals surface area contributed by atoms with E-state index in [4.69, 9.17) is 4.74 Å². The Morgan fingerprint density at radius 3 is 2.74 bits per heavy atom. The minimum absolute atomic E-state index is 0.167. The first-order valence-corrected chi connectivity index (χ1v) is 10.5. The van der Waals surface area contributed by atoms with Gasteiger partial charge in [-0.2, -0.15) is 9.78 Å². The largest absolute Gasteiger partial charge is 0.484 e. The molecule has 0 spiro atoms. The first-order valence-electron chi connectivity index (χ1n) is 9.62. The van der Waals surface area contributed by atoms with Crippen LogP contribution in [0.1, 0.15) is 16.8 Å². The van der Waals surface area contributed by atoms with Crippen molar-refractivity contribution < 1.29 is 9.53 Å². The number of rotatable bonds is 6. The molecule has 2 N–H and O–H groups in total. The summed E-state index contributed by atoms with van der Waals surface area (Å²) in [7, 11) is 0. The molecule has 0 saturated carbocycles. The minimum atomic E-state index is -0.355. The summed E-state index contributed by atoms with van der Waals surface area (Å²) in [5.74, 6) is 0.869. The van der Waals surface area contributed by atoms with Crippen LogP contribution in [0.5, 0.6) is 5.75 Å². The molecule has 0 aliphatic rings. The second-order valence-corrected chi connectivity index (χ2v) is 8.00. The van der Waals surface area contributed by atoms with Gasteiger partial charge in [-0.05, 0) is 49.9 Å². The van der Waals surface area contributed by atoms with E-state index in [1.807, 2.05) is 42.6 Å². The van der Waals surface area contributed by atoms with Gasteiger partial charge < -0.3 is 10.1 Å². The molecule has 0 atom stereocenters. The summed E-state index contributed by atoms with van der Waals surface area (Å²) >= 11 is 1.52. The SMILES string of the molecule is Cc1cccc(OCC(=O)Nc2cc(-c3cccs3)nn2-c2nc(C)c(C)c(=O)[nH]2)c1. The molecule has 0 aliphatic carbocycles. The summed E-state index contributed by atoms with van der Waals surface area (Å²) in [6, 6.07) is 13.1. The number of nitrogens with zero attached hydrogens (tertiary/aromatic N) is 3. The predicted molar refractivity (Wildman–Crippen MR) is 120 cm³/mol. The van der Waals surface area contributed by atoms with Crippen molar-refractivity contribution >= 4 is 23.1 Å². The number of amides is 1. The maximum absolute atomic E-state index is 12.6. The average molecular weight is 436 g/mol. The van der Waals surface area contributed by atoms with Crippen molar-refractivity contribution in [1.82, 2.24) is 19.7 Å². The fraction of sp³-hybridized carbons (Fsp3) is 0.182. The van der Waals surface area contributed by atoms with E-state index in [1.54, 1.807) is 26.0 Å². The molecular formula is C22H21N5O3S. The van der Waals surface area contributed by atoms with Crippen molar-refractivity contribution in [1.29, 1.82) is 0 Å². The third-order valence-corrected chi connectivity index (χ3v) is 5.59. The number of carbonyl (C=O) groups is 1. The molecule has 0 unspecified atom stereocenters. The first-order chi connectivity index (χ1) is 14.9. The Kier molecular flexibility index (Phi) is 5.68. The van der Waals surface area contributed by atoms with Crippen LogP contribution in [0.3, 0.4) is 0 Å². The number of aromatic nitrogens is 4. The Bertz CT molecular complexity index is 1290. The van der Waals surface area contributed by atoms with Crippen molar-refractivity contribution in [3.8, 4) is 22.3 Å². The highest BCUT2D eigenvalue weighted by Gasteiger charge is 2.17. The van der Waals surface area contributed by atoms with Gasteiger partial charge in [-0.25, -0.2) is 4.98 Å². The highest BCUT2D eigenvalue weighted by atomic mass is 32.1. The third-order valence-electron chi connectivity index (χ3n) is 4.69. The second kappa shape index (κ2) is 8.57. The maximum Gasteiger partial charge on any atom is 0.263 e. The number of thiophene rings is 1. The number of anilines is 1. The van der Waals surface area contributed by atoms with E-state index in [0.29, 0.717) is 28.5 Å². The zero-order valence-electron chi connectivity index (χ0n) is 17.3. The number of H-pyrrole nitrogens is 1. The predicted octanol–water partition coefficient (Wildman–Crippen LogP) is 3.63. The number of benzene rings is 1. The number of nitrogens with one attached hydrogen (secondary N) is 2. The second-order valence-electron chi connectivity index (χ2n) is 7.06. The Balaban J connectivity index is 1.63. The number of aromatic amines is 1. The van der Waals surface area contributed by atoms with Gasteiger partial charge in [-0.3, -0.25) is 14.6 Å². The molecule has 8 nitrogen and oxygen atoms in total. The summed E-state index contributed by atoms with van der Waals surface area (Å²) in [4.78, 5) is 32.9. The van der Waals surface area contributed by atoms with E-state index in [1.165, 1.54) is 16.0 Å². The van der Waals surface area contributed by atoms with E-state index in [0.717, 1.165) is 10.4 Å². The molecule has 3 aromatic heterocycles. The van der Waals surface area contributed by atoms with Crippen molar-refractivity contribution in [3.63, 3.8) is 0 Å². The van der Waals surface area contributed by atoms with E-state index in [2.05, 4.69) is 20.4 Å². The summed E-state index contributed by atoms with van der Waals surface area (Å²) < 4.78 is 7.01. The quantitative estimate of drug-likeness (QED) is 0.482. The lowest BCUT2D eigenvalue weighted by atomic mass is 10.2. The van der Waals surface area contributed by atoms with E-state index >= 15 is 0 Å². The Morgan fingerprint density at radius 2 is 2.03 bits per heavy atom. The van der Waals surface area contributed by atoms with Crippen molar-refractivity contribution in [2.75, 3.05) is 11.9 Å². The molecule has 1 amide bonds. The van der Waals surface area contributed by atoms with Crippen LogP contribution in [0.2, 0.25) is 0 Å². The molecule has 4 rings (SSSR count). The molecule has 3 heterocycles. The lowest BCUT2D eigenvalue weighted by Crippen LogP contribution is -2.23. The highest BCUT2D eigenvalue weighted by molar-refractivity contribution is 7.13. The molecule has 31 heavy (non-hydrogen) atoms. The zero-order chi connectivity index (χ0) is 22.0. The Morgan fingerprint density at radius 1 is 1.19 bits per heavy atom. The Hall–Kier alpha value is -3.72. The van der Waals surface area contributed by atoms with Gasteiger partial charge in [0.2, 0.25) is 5.95 Å². The Labute approximate surface area is 182 Å². The topological polar surface area (TPSA) is 102 Å². The fourth-order valence-corrected chi connectivity index (χ4v) is 3.62. The number of aryl methyl sites for hydroxylation is 2. The normalized spacial score (nSPS) is 10.8. The number of hydrogen-bond donors (Lipinski definition) is 2. The number of carbonyl (C=O) groups excluding carboxylic acids is 1. The molecule has 0 aliphatic heterocycles. The molecule has 0 saturated heterocycles. The van der Waals surface area contributed by atoms with Crippen molar-refractivity contribution in [3.05, 3.63) is 75.0 Å². The standard InChI is InChI=1S/C22H21N5O3S/c1-13-6-4-7-16(10-13)30-12-20(28)24-19-11-17(18-8-5-9-31-18)26-27(19)22-23-15(3)14(2)21(29)25-22/h4-11H,12H2,1-3H3,(H,24,28)(H,23,25,29). The molecule has 158 valence electrons. The van der Waals surface area contributed by atoms with Crippen molar-refractivity contribution in [2.45, 2.75) is 20.8 Å². The monoisotopic (exact) mass is 435 g/mol.